The number of esters is 4. The quantitative estimate of drug-likeness (QED) is 0.0222. The zero-order valence-corrected chi connectivity index (χ0v) is 63.1. The molecule has 19 heteroatoms. The minimum atomic E-state index is -4.96. The monoisotopic (exact) mass is 1380 g/mol. The lowest BCUT2D eigenvalue weighted by molar-refractivity contribution is -0.161. The van der Waals surface area contributed by atoms with Crippen LogP contribution in [0.1, 0.15) is 388 Å². The first kappa shape index (κ1) is 92.1. The Morgan fingerprint density at radius 1 is 0.287 bits per heavy atom. The fourth-order valence-electron chi connectivity index (χ4n) is 11.5. The molecule has 17 nitrogen and oxygen atoms in total. The van der Waals surface area contributed by atoms with Crippen molar-refractivity contribution in [1.82, 2.24) is 0 Å². The summed E-state index contributed by atoms with van der Waals surface area (Å²) in [6.45, 7) is 9.58. The number of aliphatic hydroxyl groups is 1. The van der Waals surface area contributed by atoms with Gasteiger partial charge in [0.05, 0.1) is 26.4 Å². The van der Waals surface area contributed by atoms with Crippen LogP contribution in [0.15, 0.2) is 0 Å². The number of phosphoric acid groups is 2. The highest BCUT2D eigenvalue weighted by molar-refractivity contribution is 7.47. The summed E-state index contributed by atoms with van der Waals surface area (Å²) >= 11 is 0. The molecule has 5 atom stereocenters. The van der Waals surface area contributed by atoms with Crippen LogP contribution in [0.3, 0.4) is 0 Å². The molecule has 0 aliphatic heterocycles. The van der Waals surface area contributed by atoms with E-state index in [1.54, 1.807) is 0 Å². The van der Waals surface area contributed by atoms with Gasteiger partial charge in [-0.15, -0.1) is 0 Å². The Labute approximate surface area is 575 Å². The Kier molecular flexibility index (Phi) is 65.5. The second kappa shape index (κ2) is 66.9. The maximum absolute atomic E-state index is 13.1. The highest BCUT2D eigenvalue weighted by Crippen LogP contribution is 2.45. The van der Waals surface area contributed by atoms with E-state index in [2.05, 4.69) is 41.5 Å². The van der Waals surface area contributed by atoms with Gasteiger partial charge in [0.1, 0.15) is 19.3 Å². The molecular weight excluding hydrogens is 1230 g/mol. The molecule has 0 spiro atoms. The number of unbranched alkanes of at least 4 members (excludes halogenated alkanes) is 44. The van der Waals surface area contributed by atoms with Crippen LogP contribution in [0, 0.1) is 11.8 Å². The van der Waals surface area contributed by atoms with Gasteiger partial charge in [-0.1, -0.05) is 337 Å². The Hall–Kier alpha value is -1.94. The van der Waals surface area contributed by atoms with Crippen molar-refractivity contribution in [3.05, 3.63) is 0 Å². The van der Waals surface area contributed by atoms with Crippen LogP contribution in [0.2, 0.25) is 0 Å². The molecule has 558 valence electrons. The van der Waals surface area contributed by atoms with Gasteiger partial charge in [0, 0.05) is 25.7 Å². The van der Waals surface area contributed by atoms with Crippen LogP contribution in [-0.2, 0) is 65.4 Å². The summed E-state index contributed by atoms with van der Waals surface area (Å²) in [7, 11) is -9.91. The molecule has 0 heterocycles. The largest absolute Gasteiger partial charge is 0.472 e. The van der Waals surface area contributed by atoms with Gasteiger partial charge >= 0.3 is 39.5 Å². The Morgan fingerprint density at radius 2 is 0.489 bits per heavy atom. The SMILES string of the molecule is CCCCCCCCCCCCCCCCCCC(=O)OC[C@H](COP(=O)(O)OC[C@@H](O)COP(=O)(O)OC[C@@H](COC(=O)CCCCCCCCCC)OC(=O)CCCCCCCCCCCCC(C)C)OC(=O)CCCCCCCCCCCCCCCCC(C)C. The molecule has 0 bridgehead atoms. The van der Waals surface area contributed by atoms with Gasteiger partial charge in [0.2, 0.25) is 0 Å². The zero-order valence-electron chi connectivity index (χ0n) is 61.3. The standard InChI is InChI=1S/C75H146O17P2/c1-7-9-11-13-15-17-18-19-20-21-25-28-34-40-46-52-58-73(78)86-64-71(92-74(79)59-53-47-41-35-29-26-23-22-24-27-32-37-43-49-55-67(3)4)66-90-94(83,84)88-62-69(76)61-87-93(81,82)89-65-70(63-85-72(77)57-51-45-39-16-14-12-10-8-2)91-75(80)60-54-48-42-36-31-30-33-38-44-50-56-68(5)6/h67-71,76H,7-66H2,1-6H3,(H,81,82)(H,83,84)/t69-,70+,71+/m0/s1. The molecular formula is C75H146O17P2. The van der Waals surface area contributed by atoms with E-state index in [0.29, 0.717) is 25.7 Å². The van der Waals surface area contributed by atoms with E-state index in [9.17, 15) is 43.2 Å². The van der Waals surface area contributed by atoms with Crippen molar-refractivity contribution in [1.29, 1.82) is 0 Å². The molecule has 0 saturated heterocycles. The highest BCUT2D eigenvalue weighted by Gasteiger charge is 2.30. The predicted octanol–water partition coefficient (Wildman–Crippen LogP) is 21.9. The van der Waals surface area contributed by atoms with Crippen molar-refractivity contribution in [3.8, 4) is 0 Å². The molecule has 0 aromatic heterocycles. The first-order chi connectivity index (χ1) is 45.4. The van der Waals surface area contributed by atoms with Crippen LogP contribution < -0.4 is 0 Å². The zero-order chi connectivity index (χ0) is 69.3. The van der Waals surface area contributed by atoms with E-state index in [1.165, 1.54) is 199 Å². The van der Waals surface area contributed by atoms with Gasteiger partial charge < -0.3 is 33.8 Å². The van der Waals surface area contributed by atoms with Crippen LogP contribution in [0.25, 0.3) is 0 Å². The van der Waals surface area contributed by atoms with Gasteiger partial charge in [0.15, 0.2) is 12.2 Å². The first-order valence-corrected chi connectivity index (χ1v) is 42.0. The number of phosphoric ester groups is 2. The molecule has 2 unspecified atom stereocenters. The smallest absolute Gasteiger partial charge is 0.462 e. The normalized spacial score (nSPS) is 14.0. The van der Waals surface area contributed by atoms with Crippen molar-refractivity contribution >= 4 is 39.5 Å². The summed E-state index contributed by atoms with van der Waals surface area (Å²) in [6.07, 6.45) is 54.1. The number of aliphatic hydroxyl groups excluding tert-OH is 1. The molecule has 0 radical (unpaired) electrons. The topological polar surface area (TPSA) is 237 Å². The summed E-state index contributed by atoms with van der Waals surface area (Å²) in [5.41, 5.74) is 0. The summed E-state index contributed by atoms with van der Waals surface area (Å²) in [4.78, 5) is 72.7. The lowest BCUT2D eigenvalue weighted by atomic mass is 10.0. The molecule has 0 saturated carbocycles. The van der Waals surface area contributed by atoms with Crippen LogP contribution in [0.4, 0.5) is 0 Å². The Bertz CT molecular complexity index is 1820. The molecule has 0 rings (SSSR count). The lowest BCUT2D eigenvalue weighted by Gasteiger charge is -2.21. The first-order valence-electron chi connectivity index (χ1n) is 39.0. The van der Waals surface area contributed by atoms with Crippen molar-refractivity contribution in [3.63, 3.8) is 0 Å². The second-order valence-electron chi connectivity index (χ2n) is 28.0. The van der Waals surface area contributed by atoms with Gasteiger partial charge in [-0.25, -0.2) is 9.13 Å². The van der Waals surface area contributed by atoms with Gasteiger partial charge in [-0.3, -0.25) is 37.3 Å². The Morgan fingerprint density at radius 3 is 0.723 bits per heavy atom. The third-order valence-electron chi connectivity index (χ3n) is 17.5. The summed E-state index contributed by atoms with van der Waals surface area (Å²) < 4.78 is 68.4. The van der Waals surface area contributed by atoms with Gasteiger partial charge in [-0.05, 0) is 37.5 Å². The van der Waals surface area contributed by atoms with Crippen molar-refractivity contribution in [2.45, 2.75) is 407 Å². The number of carbonyl (C=O) groups excluding carboxylic acids is 4. The lowest BCUT2D eigenvalue weighted by Crippen LogP contribution is -2.30. The van der Waals surface area contributed by atoms with Crippen LogP contribution in [0.5, 0.6) is 0 Å². The fourth-order valence-corrected chi connectivity index (χ4v) is 13.1. The second-order valence-corrected chi connectivity index (χ2v) is 30.9. The number of hydrogen-bond donors (Lipinski definition) is 3. The molecule has 0 aromatic rings. The number of rotatable bonds is 74. The van der Waals surface area contributed by atoms with Crippen LogP contribution >= 0.6 is 15.6 Å². The maximum Gasteiger partial charge on any atom is 0.472 e. The number of carbonyl (C=O) groups is 4. The summed E-state index contributed by atoms with van der Waals surface area (Å²) in [5.74, 6) is -0.571. The fraction of sp³-hybridized carbons (Fsp3) is 0.947. The third kappa shape index (κ3) is 68.6. The minimum absolute atomic E-state index is 0.106. The molecule has 0 aliphatic rings. The van der Waals surface area contributed by atoms with Crippen molar-refractivity contribution in [2.75, 3.05) is 39.6 Å². The summed E-state index contributed by atoms with van der Waals surface area (Å²) in [5, 5.41) is 10.6. The Balaban J connectivity index is 5.22. The van der Waals surface area contributed by atoms with E-state index in [1.807, 2.05) is 0 Å². The van der Waals surface area contributed by atoms with E-state index >= 15 is 0 Å². The van der Waals surface area contributed by atoms with E-state index in [-0.39, 0.29) is 25.7 Å². The average molecular weight is 1380 g/mol. The van der Waals surface area contributed by atoms with E-state index < -0.39 is 97.5 Å². The number of hydrogen-bond acceptors (Lipinski definition) is 15. The number of ether oxygens (including phenoxy) is 4. The molecule has 0 fully saturated rings. The molecule has 0 aliphatic carbocycles. The van der Waals surface area contributed by atoms with Gasteiger partial charge in [-0.2, -0.15) is 0 Å². The van der Waals surface area contributed by atoms with Crippen molar-refractivity contribution in [2.24, 2.45) is 11.8 Å². The molecule has 94 heavy (non-hydrogen) atoms. The van der Waals surface area contributed by atoms with Gasteiger partial charge in [0.25, 0.3) is 0 Å². The predicted molar refractivity (Wildman–Crippen MR) is 381 cm³/mol. The highest BCUT2D eigenvalue weighted by atomic mass is 31.2. The molecule has 3 N–H and O–H groups in total. The van der Waals surface area contributed by atoms with Crippen molar-refractivity contribution < 1.29 is 80.2 Å². The maximum atomic E-state index is 13.1. The van der Waals surface area contributed by atoms with E-state index in [4.69, 9.17) is 37.0 Å². The average Bonchev–Trinajstić information content (AvgIpc) is 1.44. The van der Waals surface area contributed by atoms with E-state index in [0.717, 1.165) is 108 Å². The molecule has 0 amide bonds. The van der Waals surface area contributed by atoms with Crippen LogP contribution in [-0.4, -0.2) is 96.7 Å². The summed E-state index contributed by atoms with van der Waals surface area (Å²) in [6, 6.07) is 0. The minimum Gasteiger partial charge on any atom is -0.462 e. The molecule has 0 aromatic carbocycles. The third-order valence-corrected chi connectivity index (χ3v) is 19.4.